The molecule has 0 unspecified atom stereocenters. The summed E-state index contributed by atoms with van der Waals surface area (Å²) in [4.78, 5) is 18.8. The van der Waals surface area contributed by atoms with Gasteiger partial charge in [0, 0.05) is 29.9 Å². The molecule has 1 atom stereocenters. The van der Waals surface area contributed by atoms with E-state index in [1.165, 1.54) is 11.3 Å². The quantitative estimate of drug-likeness (QED) is 0.943. The van der Waals surface area contributed by atoms with E-state index in [1.54, 1.807) is 6.33 Å². The third-order valence-corrected chi connectivity index (χ3v) is 4.47. The van der Waals surface area contributed by atoms with Gasteiger partial charge in [-0.05, 0) is 51.8 Å². The third-order valence-electron chi connectivity index (χ3n) is 4.47. The number of anilines is 1. The van der Waals surface area contributed by atoms with Crippen LogP contribution in [-0.4, -0.2) is 34.1 Å². The van der Waals surface area contributed by atoms with E-state index in [0.717, 1.165) is 17.7 Å². The highest BCUT2D eigenvalue weighted by Gasteiger charge is 2.23. The molecule has 1 aliphatic heterocycles. The fourth-order valence-corrected chi connectivity index (χ4v) is 3.24. The van der Waals surface area contributed by atoms with E-state index in [4.69, 9.17) is 0 Å². The Morgan fingerprint density at radius 3 is 2.83 bits per heavy atom. The van der Waals surface area contributed by atoms with Gasteiger partial charge in [0.05, 0.1) is 18.2 Å². The van der Waals surface area contributed by atoms with Gasteiger partial charge in [-0.15, -0.1) is 0 Å². The summed E-state index contributed by atoms with van der Waals surface area (Å²) in [5.74, 6) is -0.00346. The van der Waals surface area contributed by atoms with E-state index in [9.17, 15) is 4.79 Å². The summed E-state index contributed by atoms with van der Waals surface area (Å²) in [7, 11) is 2.14. The standard InChI is InChI=1S/C19H26N4O/c1-13-8-15-9-14(6-7-16(15)22(13)5)17-10-20-12-23(17)11-18(24)21-19(2,3)4/h6-7,9-10,12-13H,8,11H2,1-5H3,(H,21,24)/t13-/m1/s1. The number of aromatic nitrogens is 2. The summed E-state index contributed by atoms with van der Waals surface area (Å²) in [5.41, 5.74) is 4.50. The maximum absolute atomic E-state index is 12.2. The predicted molar refractivity (Wildman–Crippen MR) is 97.1 cm³/mol. The fraction of sp³-hybridized carbons (Fsp3) is 0.474. The second-order valence-electron chi connectivity index (χ2n) is 7.71. The maximum atomic E-state index is 12.2. The van der Waals surface area contributed by atoms with Gasteiger partial charge in [-0.1, -0.05) is 6.07 Å². The molecule has 1 aliphatic rings. The average Bonchev–Trinajstić information content (AvgIpc) is 3.02. The second kappa shape index (κ2) is 5.96. The molecule has 0 bridgehead atoms. The SMILES string of the molecule is C[C@@H]1Cc2cc(-c3cncn3CC(=O)NC(C)(C)C)ccc2N1C. The van der Waals surface area contributed by atoms with Gasteiger partial charge in [0.25, 0.3) is 0 Å². The first-order valence-corrected chi connectivity index (χ1v) is 8.42. The Morgan fingerprint density at radius 2 is 2.12 bits per heavy atom. The highest BCUT2D eigenvalue weighted by Crippen LogP contribution is 2.34. The van der Waals surface area contributed by atoms with E-state index in [2.05, 4.69) is 47.4 Å². The first-order valence-electron chi connectivity index (χ1n) is 8.42. The zero-order valence-electron chi connectivity index (χ0n) is 15.1. The van der Waals surface area contributed by atoms with Crippen molar-refractivity contribution in [2.45, 2.75) is 52.2 Å². The number of carbonyl (C=O) groups is 1. The lowest BCUT2D eigenvalue weighted by Gasteiger charge is -2.21. The molecule has 0 spiro atoms. The molecule has 1 N–H and O–H groups in total. The molecule has 24 heavy (non-hydrogen) atoms. The lowest BCUT2D eigenvalue weighted by molar-refractivity contribution is -0.123. The zero-order valence-corrected chi connectivity index (χ0v) is 15.1. The number of imidazole rings is 1. The van der Waals surface area contributed by atoms with Gasteiger partial charge in [-0.2, -0.15) is 0 Å². The van der Waals surface area contributed by atoms with Crippen LogP contribution in [0.15, 0.2) is 30.7 Å². The van der Waals surface area contributed by atoms with Crippen molar-refractivity contribution in [1.82, 2.24) is 14.9 Å². The van der Waals surface area contributed by atoms with Crippen LogP contribution in [0.4, 0.5) is 5.69 Å². The number of nitrogens with zero attached hydrogens (tertiary/aromatic N) is 3. The Bertz CT molecular complexity index is 757. The highest BCUT2D eigenvalue weighted by molar-refractivity contribution is 5.77. The number of carbonyl (C=O) groups excluding carboxylic acids is 1. The number of hydrogen-bond donors (Lipinski definition) is 1. The second-order valence-corrected chi connectivity index (χ2v) is 7.71. The monoisotopic (exact) mass is 326 g/mol. The Hall–Kier alpha value is -2.30. The van der Waals surface area contributed by atoms with Crippen molar-refractivity contribution >= 4 is 11.6 Å². The van der Waals surface area contributed by atoms with Crippen molar-refractivity contribution in [3.05, 3.63) is 36.3 Å². The molecule has 2 heterocycles. The van der Waals surface area contributed by atoms with E-state index in [0.29, 0.717) is 6.04 Å². The van der Waals surface area contributed by atoms with Crippen molar-refractivity contribution < 1.29 is 4.79 Å². The molecule has 1 amide bonds. The normalized spacial score (nSPS) is 17.0. The number of rotatable bonds is 3. The smallest absolute Gasteiger partial charge is 0.240 e. The number of fused-ring (bicyclic) bond motifs is 1. The van der Waals surface area contributed by atoms with Crippen molar-refractivity contribution in [2.24, 2.45) is 0 Å². The van der Waals surface area contributed by atoms with Crippen molar-refractivity contribution in [2.75, 3.05) is 11.9 Å². The van der Waals surface area contributed by atoms with Crippen LogP contribution in [0.2, 0.25) is 0 Å². The molecule has 0 fully saturated rings. The number of likely N-dealkylation sites (N-methyl/N-ethyl adjacent to an activating group) is 1. The molecule has 0 aliphatic carbocycles. The van der Waals surface area contributed by atoms with Crippen LogP contribution in [0.1, 0.15) is 33.3 Å². The van der Waals surface area contributed by atoms with Gasteiger partial charge < -0.3 is 14.8 Å². The molecule has 0 saturated carbocycles. The molecule has 5 heteroatoms. The van der Waals surface area contributed by atoms with Crippen LogP contribution < -0.4 is 10.2 Å². The average molecular weight is 326 g/mol. The number of amides is 1. The number of hydrogen-bond acceptors (Lipinski definition) is 3. The summed E-state index contributed by atoms with van der Waals surface area (Å²) in [6.45, 7) is 8.47. The molecule has 128 valence electrons. The molecular formula is C19H26N4O. The van der Waals surface area contributed by atoms with Crippen LogP contribution in [-0.2, 0) is 17.8 Å². The van der Waals surface area contributed by atoms with E-state index >= 15 is 0 Å². The summed E-state index contributed by atoms with van der Waals surface area (Å²) >= 11 is 0. The zero-order chi connectivity index (χ0) is 17.5. The molecule has 1 aromatic carbocycles. The lowest BCUT2D eigenvalue weighted by Crippen LogP contribution is -2.42. The largest absolute Gasteiger partial charge is 0.371 e. The van der Waals surface area contributed by atoms with Gasteiger partial charge in [0.1, 0.15) is 6.54 Å². The Balaban J connectivity index is 1.84. The summed E-state index contributed by atoms with van der Waals surface area (Å²) in [6, 6.07) is 7.03. The number of benzene rings is 1. The molecule has 5 nitrogen and oxygen atoms in total. The molecule has 0 radical (unpaired) electrons. The first kappa shape index (κ1) is 16.6. The van der Waals surface area contributed by atoms with Gasteiger partial charge in [0.15, 0.2) is 0 Å². The molecule has 1 aromatic heterocycles. The van der Waals surface area contributed by atoms with E-state index in [-0.39, 0.29) is 18.0 Å². The first-order chi connectivity index (χ1) is 11.2. The molecule has 3 rings (SSSR count). The van der Waals surface area contributed by atoms with Crippen LogP contribution in [0, 0.1) is 0 Å². The van der Waals surface area contributed by atoms with Crippen LogP contribution in [0.5, 0.6) is 0 Å². The lowest BCUT2D eigenvalue weighted by atomic mass is 10.1. The van der Waals surface area contributed by atoms with Crippen molar-refractivity contribution in [1.29, 1.82) is 0 Å². The summed E-state index contributed by atoms with van der Waals surface area (Å²) < 4.78 is 1.91. The summed E-state index contributed by atoms with van der Waals surface area (Å²) in [6.07, 6.45) is 4.60. The van der Waals surface area contributed by atoms with Gasteiger partial charge in [-0.3, -0.25) is 4.79 Å². The minimum Gasteiger partial charge on any atom is -0.371 e. The predicted octanol–water partition coefficient (Wildman–Crippen LogP) is 2.85. The Kier molecular flexibility index (Phi) is 4.11. The Morgan fingerprint density at radius 1 is 1.38 bits per heavy atom. The molecular weight excluding hydrogens is 300 g/mol. The van der Waals surface area contributed by atoms with Gasteiger partial charge >= 0.3 is 0 Å². The number of nitrogens with one attached hydrogen (secondary N) is 1. The Labute approximate surface area is 143 Å². The van der Waals surface area contributed by atoms with Crippen LogP contribution in [0.25, 0.3) is 11.3 Å². The fourth-order valence-electron chi connectivity index (χ4n) is 3.24. The topological polar surface area (TPSA) is 50.2 Å². The third kappa shape index (κ3) is 3.30. The van der Waals surface area contributed by atoms with E-state index < -0.39 is 0 Å². The minimum atomic E-state index is -0.230. The van der Waals surface area contributed by atoms with E-state index in [1.807, 2.05) is 31.5 Å². The highest BCUT2D eigenvalue weighted by atomic mass is 16.2. The van der Waals surface area contributed by atoms with Crippen molar-refractivity contribution in [3.8, 4) is 11.3 Å². The molecule has 0 saturated heterocycles. The van der Waals surface area contributed by atoms with Crippen LogP contribution in [0.3, 0.4) is 0 Å². The maximum Gasteiger partial charge on any atom is 0.240 e. The van der Waals surface area contributed by atoms with Crippen LogP contribution >= 0.6 is 0 Å². The van der Waals surface area contributed by atoms with Gasteiger partial charge in [0.2, 0.25) is 5.91 Å². The van der Waals surface area contributed by atoms with Gasteiger partial charge in [-0.25, -0.2) is 4.98 Å². The molecule has 2 aromatic rings. The summed E-state index contributed by atoms with van der Waals surface area (Å²) in [5, 5.41) is 3.00. The van der Waals surface area contributed by atoms with Crippen molar-refractivity contribution in [3.63, 3.8) is 0 Å². The minimum absolute atomic E-state index is 0.00346.